The maximum atomic E-state index is 13.4. The van der Waals surface area contributed by atoms with E-state index in [9.17, 15) is 14.4 Å². The van der Waals surface area contributed by atoms with Gasteiger partial charge in [0.2, 0.25) is 5.91 Å². The third kappa shape index (κ3) is 4.97. The Morgan fingerprint density at radius 1 is 0.967 bits per heavy atom. The Labute approximate surface area is 176 Å². The minimum absolute atomic E-state index is 0.213. The Balaban J connectivity index is 1.88. The molecule has 2 aromatic rings. The SMILES string of the molecule is CCOC(=O)[C@H](Cc1ccccc1)N1CCN(C(C)=O)N(Cc2ccccc2)C1=O. The molecule has 3 amide bonds. The molecule has 3 rings (SSSR count). The van der Waals surface area contributed by atoms with Crippen LogP contribution in [0.2, 0.25) is 0 Å². The summed E-state index contributed by atoms with van der Waals surface area (Å²) in [5.74, 6) is -0.652. The molecule has 7 nitrogen and oxygen atoms in total. The number of carbonyl (C=O) groups is 3. The number of hydrogen-bond donors (Lipinski definition) is 0. The number of urea groups is 1. The van der Waals surface area contributed by atoms with Crippen LogP contribution in [0.1, 0.15) is 25.0 Å². The van der Waals surface area contributed by atoms with E-state index < -0.39 is 12.0 Å². The summed E-state index contributed by atoms with van der Waals surface area (Å²) < 4.78 is 5.27. The standard InChI is InChI=1S/C23H27N3O4/c1-3-30-22(28)21(16-19-10-6-4-7-11-19)24-14-15-25(18(2)27)26(23(24)29)17-20-12-8-5-9-13-20/h4-13,21H,3,14-17H2,1-2H3/t21-/m0/s1. The fourth-order valence-electron chi connectivity index (χ4n) is 3.59. The molecular weight excluding hydrogens is 382 g/mol. The van der Waals surface area contributed by atoms with Crippen LogP contribution in [0.5, 0.6) is 0 Å². The predicted molar refractivity (Wildman–Crippen MR) is 112 cm³/mol. The monoisotopic (exact) mass is 409 g/mol. The van der Waals surface area contributed by atoms with Gasteiger partial charge in [0.15, 0.2) is 0 Å². The van der Waals surface area contributed by atoms with Crippen LogP contribution in [0.4, 0.5) is 4.79 Å². The highest BCUT2D eigenvalue weighted by molar-refractivity contribution is 5.86. The van der Waals surface area contributed by atoms with Gasteiger partial charge in [0.1, 0.15) is 6.04 Å². The maximum absolute atomic E-state index is 13.4. The lowest BCUT2D eigenvalue weighted by Gasteiger charge is -2.45. The zero-order valence-electron chi connectivity index (χ0n) is 17.4. The highest BCUT2D eigenvalue weighted by Gasteiger charge is 2.40. The van der Waals surface area contributed by atoms with E-state index in [1.54, 1.807) is 6.92 Å². The number of hydrogen-bond acceptors (Lipinski definition) is 4. The summed E-state index contributed by atoms with van der Waals surface area (Å²) in [6.07, 6.45) is 0.352. The van der Waals surface area contributed by atoms with Crippen molar-refractivity contribution in [1.82, 2.24) is 14.9 Å². The minimum atomic E-state index is -0.757. The second-order valence-corrected chi connectivity index (χ2v) is 7.12. The summed E-state index contributed by atoms with van der Waals surface area (Å²) in [4.78, 5) is 39.9. The van der Waals surface area contributed by atoms with Gasteiger partial charge >= 0.3 is 12.0 Å². The van der Waals surface area contributed by atoms with Gasteiger partial charge in [-0.1, -0.05) is 60.7 Å². The molecule has 0 saturated carbocycles. The third-order valence-electron chi connectivity index (χ3n) is 5.06. The molecule has 0 unspecified atom stereocenters. The Morgan fingerprint density at radius 3 is 2.13 bits per heavy atom. The molecule has 0 N–H and O–H groups in total. The summed E-state index contributed by atoms with van der Waals surface area (Å²) in [5, 5.41) is 2.86. The minimum Gasteiger partial charge on any atom is -0.464 e. The first-order valence-corrected chi connectivity index (χ1v) is 10.1. The first kappa shape index (κ1) is 21.4. The van der Waals surface area contributed by atoms with Crippen molar-refractivity contribution in [2.24, 2.45) is 0 Å². The molecule has 1 fully saturated rings. The molecule has 1 aliphatic heterocycles. The molecule has 2 aromatic carbocycles. The molecule has 30 heavy (non-hydrogen) atoms. The largest absolute Gasteiger partial charge is 0.464 e. The fourth-order valence-corrected chi connectivity index (χ4v) is 3.59. The number of carbonyl (C=O) groups excluding carboxylic acids is 3. The highest BCUT2D eigenvalue weighted by Crippen LogP contribution is 2.21. The number of rotatable bonds is 7. The van der Waals surface area contributed by atoms with Gasteiger partial charge in [-0.05, 0) is 18.1 Å². The Kier molecular flexibility index (Phi) is 7.06. The van der Waals surface area contributed by atoms with Gasteiger partial charge in [0.25, 0.3) is 0 Å². The van der Waals surface area contributed by atoms with Crippen molar-refractivity contribution < 1.29 is 19.1 Å². The summed E-state index contributed by atoms with van der Waals surface area (Å²) in [6, 6.07) is 17.9. The first-order chi connectivity index (χ1) is 14.5. The molecule has 1 saturated heterocycles. The van der Waals surface area contributed by atoms with Crippen molar-refractivity contribution in [3.63, 3.8) is 0 Å². The van der Waals surface area contributed by atoms with E-state index in [4.69, 9.17) is 4.74 Å². The van der Waals surface area contributed by atoms with Crippen molar-refractivity contribution in [3.8, 4) is 0 Å². The number of amides is 3. The number of ether oxygens (including phenoxy) is 1. The molecule has 7 heteroatoms. The predicted octanol–water partition coefficient (Wildman–Crippen LogP) is 2.86. The van der Waals surface area contributed by atoms with Crippen molar-refractivity contribution in [2.75, 3.05) is 19.7 Å². The van der Waals surface area contributed by atoms with E-state index in [-0.39, 0.29) is 31.6 Å². The van der Waals surface area contributed by atoms with Gasteiger partial charge in [-0.2, -0.15) is 0 Å². The van der Waals surface area contributed by atoms with Crippen LogP contribution in [-0.4, -0.2) is 58.6 Å². The van der Waals surface area contributed by atoms with Crippen LogP contribution < -0.4 is 0 Å². The van der Waals surface area contributed by atoms with Crippen molar-refractivity contribution >= 4 is 17.9 Å². The van der Waals surface area contributed by atoms with Crippen LogP contribution >= 0.6 is 0 Å². The van der Waals surface area contributed by atoms with Gasteiger partial charge in [-0.3, -0.25) is 4.79 Å². The van der Waals surface area contributed by atoms with E-state index >= 15 is 0 Å². The number of benzene rings is 2. The van der Waals surface area contributed by atoms with Crippen molar-refractivity contribution in [1.29, 1.82) is 0 Å². The molecule has 1 heterocycles. The Bertz CT molecular complexity index is 873. The third-order valence-corrected chi connectivity index (χ3v) is 5.06. The molecular formula is C23H27N3O4. The average Bonchev–Trinajstić information content (AvgIpc) is 2.75. The molecule has 0 spiro atoms. The average molecular weight is 409 g/mol. The molecule has 0 aliphatic carbocycles. The van der Waals surface area contributed by atoms with Gasteiger partial charge < -0.3 is 9.64 Å². The lowest BCUT2D eigenvalue weighted by atomic mass is 10.0. The summed E-state index contributed by atoms with van der Waals surface area (Å²) in [7, 11) is 0. The van der Waals surface area contributed by atoms with E-state index in [1.165, 1.54) is 21.8 Å². The molecule has 1 atom stereocenters. The Hall–Kier alpha value is -3.35. The zero-order chi connectivity index (χ0) is 21.5. The van der Waals surface area contributed by atoms with Gasteiger partial charge in [0.05, 0.1) is 19.7 Å². The molecule has 0 bridgehead atoms. The van der Waals surface area contributed by atoms with Crippen LogP contribution in [0, 0.1) is 0 Å². The van der Waals surface area contributed by atoms with E-state index in [0.717, 1.165) is 11.1 Å². The van der Waals surface area contributed by atoms with Crippen LogP contribution in [-0.2, 0) is 27.3 Å². The second-order valence-electron chi connectivity index (χ2n) is 7.12. The highest BCUT2D eigenvalue weighted by atomic mass is 16.5. The summed E-state index contributed by atoms with van der Waals surface area (Å²) in [5.41, 5.74) is 1.83. The lowest BCUT2D eigenvalue weighted by Crippen LogP contribution is -2.64. The topological polar surface area (TPSA) is 70.2 Å². The van der Waals surface area contributed by atoms with E-state index in [0.29, 0.717) is 13.0 Å². The lowest BCUT2D eigenvalue weighted by molar-refractivity contribution is -0.154. The van der Waals surface area contributed by atoms with E-state index in [2.05, 4.69) is 0 Å². The first-order valence-electron chi connectivity index (χ1n) is 10.1. The number of hydrazine groups is 1. The van der Waals surface area contributed by atoms with Crippen LogP contribution in [0.3, 0.4) is 0 Å². The maximum Gasteiger partial charge on any atom is 0.340 e. The van der Waals surface area contributed by atoms with E-state index in [1.807, 2.05) is 60.7 Å². The van der Waals surface area contributed by atoms with Crippen LogP contribution in [0.25, 0.3) is 0 Å². The molecule has 0 radical (unpaired) electrons. The summed E-state index contributed by atoms with van der Waals surface area (Å²) >= 11 is 0. The normalized spacial score (nSPS) is 15.1. The smallest absolute Gasteiger partial charge is 0.340 e. The van der Waals surface area contributed by atoms with Gasteiger partial charge in [0, 0.05) is 19.9 Å². The van der Waals surface area contributed by atoms with Gasteiger partial charge in [-0.15, -0.1) is 0 Å². The quantitative estimate of drug-likeness (QED) is 0.660. The zero-order valence-corrected chi connectivity index (χ0v) is 17.4. The van der Waals surface area contributed by atoms with Crippen molar-refractivity contribution in [2.45, 2.75) is 32.9 Å². The van der Waals surface area contributed by atoms with Crippen molar-refractivity contribution in [3.05, 3.63) is 71.8 Å². The fraction of sp³-hybridized carbons (Fsp3) is 0.348. The summed E-state index contributed by atoms with van der Waals surface area (Å²) in [6.45, 7) is 4.25. The number of nitrogens with zero attached hydrogens (tertiary/aromatic N) is 3. The van der Waals surface area contributed by atoms with Gasteiger partial charge in [-0.25, -0.2) is 19.6 Å². The molecule has 1 aliphatic rings. The Morgan fingerprint density at radius 2 is 1.57 bits per heavy atom. The number of esters is 1. The van der Waals surface area contributed by atoms with Crippen LogP contribution in [0.15, 0.2) is 60.7 Å². The molecule has 158 valence electrons. The molecule has 0 aromatic heterocycles. The second kappa shape index (κ2) is 9.91.